The largest absolute Gasteiger partial charge is 0.317 e. The number of hydrogen-bond donors (Lipinski definition) is 0. The molecule has 1 aromatic rings. The van der Waals surface area contributed by atoms with Gasteiger partial charge in [-0.1, -0.05) is 11.6 Å². The van der Waals surface area contributed by atoms with Crippen LogP contribution in [0.15, 0.2) is 18.3 Å². The molecule has 2 nitrogen and oxygen atoms in total. The Morgan fingerprint density at radius 3 is 3.09 bits per heavy atom. The summed E-state index contributed by atoms with van der Waals surface area (Å²) in [5.74, 6) is 0. The topological polar surface area (TPSA) is 17.2 Å². The number of hydrogen-bond acceptors (Lipinski definition) is 1. The minimum absolute atomic E-state index is 0.493. The van der Waals surface area contributed by atoms with Crippen LogP contribution in [0, 0.1) is 6.57 Å². The van der Waals surface area contributed by atoms with Crippen molar-refractivity contribution < 1.29 is 0 Å². The van der Waals surface area contributed by atoms with Gasteiger partial charge in [-0.15, -0.1) is 0 Å². The molecule has 11 heavy (non-hydrogen) atoms. The van der Waals surface area contributed by atoms with Gasteiger partial charge in [0.25, 0.3) is 0 Å². The van der Waals surface area contributed by atoms with Gasteiger partial charge in [0.05, 0.1) is 0 Å². The van der Waals surface area contributed by atoms with Gasteiger partial charge in [-0.05, 0) is 17.7 Å². The summed E-state index contributed by atoms with van der Waals surface area (Å²) in [5.41, 5.74) is 1.07. The predicted octanol–water partition coefficient (Wildman–Crippen LogP) is 2.20. The lowest BCUT2D eigenvalue weighted by atomic mass is 10.2. The van der Waals surface area contributed by atoms with Crippen molar-refractivity contribution in [3.63, 3.8) is 0 Å². The van der Waals surface area contributed by atoms with E-state index in [1.54, 1.807) is 12.3 Å². The molecule has 0 bridgehead atoms. The van der Waals surface area contributed by atoms with Gasteiger partial charge in [-0.2, -0.15) is 0 Å². The predicted molar refractivity (Wildman–Crippen MR) is 44.4 cm³/mol. The normalized spacial score (nSPS) is 9.09. The SMILES string of the molecule is [C-]#[N+]CCc1ccnc(Cl)c1. The lowest BCUT2D eigenvalue weighted by Crippen LogP contribution is -1.87. The Kier molecular flexibility index (Phi) is 2.88. The maximum Gasteiger partial charge on any atom is 0.218 e. The smallest absolute Gasteiger partial charge is 0.218 e. The zero-order chi connectivity index (χ0) is 8.10. The van der Waals surface area contributed by atoms with Crippen molar-refractivity contribution in [2.24, 2.45) is 0 Å². The van der Waals surface area contributed by atoms with E-state index in [-0.39, 0.29) is 0 Å². The molecule has 3 heteroatoms. The van der Waals surface area contributed by atoms with Crippen LogP contribution in [-0.2, 0) is 6.42 Å². The molecule has 0 aliphatic heterocycles. The van der Waals surface area contributed by atoms with Gasteiger partial charge in [0.2, 0.25) is 6.54 Å². The van der Waals surface area contributed by atoms with E-state index in [1.807, 2.05) is 6.07 Å². The molecule has 0 saturated carbocycles. The van der Waals surface area contributed by atoms with Gasteiger partial charge >= 0.3 is 0 Å². The highest BCUT2D eigenvalue weighted by atomic mass is 35.5. The molecule has 0 aliphatic rings. The summed E-state index contributed by atoms with van der Waals surface area (Å²) >= 11 is 5.64. The zero-order valence-corrected chi connectivity index (χ0v) is 6.67. The van der Waals surface area contributed by atoms with E-state index in [1.165, 1.54) is 0 Å². The summed E-state index contributed by atoms with van der Waals surface area (Å²) < 4.78 is 0. The van der Waals surface area contributed by atoms with Crippen LogP contribution in [0.3, 0.4) is 0 Å². The lowest BCUT2D eigenvalue weighted by molar-refractivity contribution is 1.07. The third-order valence-electron chi connectivity index (χ3n) is 1.30. The van der Waals surface area contributed by atoms with E-state index in [0.29, 0.717) is 11.7 Å². The first-order valence-corrected chi connectivity index (χ1v) is 3.64. The lowest BCUT2D eigenvalue weighted by Gasteiger charge is -1.93. The monoisotopic (exact) mass is 166 g/mol. The Morgan fingerprint density at radius 1 is 1.64 bits per heavy atom. The van der Waals surface area contributed by atoms with Crippen LogP contribution in [0.4, 0.5) is 0 Å². The molecule has 1 rings (SSSR count). The van der Waals surface area contributed by atoms with Crippen LogP contribution in [0.5, 0.6) is 0 Å². The van der Waals surface area contributed by atoms with Crippen molar-refractivity contribution in [3.8, 4) is 0 Å². The summed E-state index contributed by atoms with van der Waals surface area (Å²) in [7, 11) is 0. The molecule has 0 aliphatic carbocycles. The van der Waals surface area contributed by atoms with E-state index in [2.05, 4.69) is 9.83 Å². The van der Waals surface area contributed by atoms with E-state index >= 15 is 0 Å². The second-order valence-electron chi connectivity index (χ2n) is 2.12. The van der Waals surface area contributed by atoms with Gasteiger partial charge < -0.3 is 4.85 Å². The summed E-state index contributed by atoms with van der Waals surface area (Å²) in [6, 6.07) is 3.66. The third kappa shape index (κ3) is 2.57. The first kappa shape index (κ1) is 8.03. The van der Waals surface area contributed by atoms with Crippen LogP contribution in [0.25, 0.3) is 4.85 Å². The molecule has 0 unspecified atom stereocenters. The molecule has 1 aromatic heterocycles. The molecule has 0 aromatic carbocycles. The van der Waals surface area contributed by atoms with Crippen LogP contribution in [0.1, 0.15) is 5.56 Å². The van der Waals surface area contributed by atoms with Crippen molar-refractivity contribution in [1.82, 2.24) is 4.98 Å². The van der Waals surface area contributed by atoms with Crippen molar-refractivity contribution in [3.05, 3.63) is 40.5 Å². The first-order valence-electron chi connectivity index (χ1n) is 3.26. The van der Waals surface area contributed by atoms with Gasteiger partial charge in [-0.3, -0.25) is 0 Å². The molecular weight excluding hydrogens is 160 g/mol. The Morgan fingerprint density at radius 2 is 2.45 bits per heavy atom. The molecule has 0 fully saturated rings. The number of pyridine rings is 1. The fourth-order valence-corrected chi connectivity index (χ4v) is 0.980. The maximum atomic E-state index is 6.58. The van der Waals surface area contributed by atoms with E-state index in [9.17, 15) is 0 Å². The van der Waals surface area contributed by atoms with Crippen LogP contribution in [-0.4, -0.2) is 11.5 Å². The molecule has 0 spiro atoms. The average Bonchev–Trinajstić information content (AvgIpc) is 2.01. The second-order valence-corrected chi connectivity index (χ2v) is 2.51. The maximum absolute atomic E-state index is 6.58. The summed E-state index contributed by atoms with van der Waals surface area (Å²) in [5, 5.41) is 0.493. The van der Waals surface area contributed by atoms with E-state index in [0.717, 1.165) is 12.0 Å². The van der Waals surface area contributed by atoms with Crippen molar-refractivity contribution in [2.75, 3.05) is 6.54 Å². The number of aromatic nitrogens is 1. The van der Waals surface area contributed by atoms with E-state index in [4.69, 9.17) is 18.2 Å². The number of rotatable bonds is 2. The second kappa shape index (κ2) is 3.95. The Bertz CT molecular complexity index is 278. The van der Waals surface area contributed by atoms with Crippen molar-refractivity contribution in [2.45, 2.75) is 6.42 Å². The molecule has 0 atom stereocenters. The standard InChI is InChI=1S/C8H7ClN2/c1-10-4-2-7-3-5-11-8(9)6-7/h3,5-6H,2,4H2. The summed E-state index contributed by atoms with van der Waals surface area (Å²) in [4.78, 5) is 7.08. The molecule has 0 saturated heterocycles. The highest BCUT2D eigenvalue weighted by Gasteiger charge is 1.95. The molecule has 0 N–H and O–H groups in total. The van der Waals surface area contributed by atoms with Crippen LogP contribution >= 0.6 is 11.6 Å². The molecular formula is C8H7ClN2. The quantitative estimate of drug-likeness (QED) is 0.486. The van der Waals surface area contributed by atoms with Gasteiger partial charge in [-0.25, -0.2) is 11.6 Å². The van der Waals surface area contributed by atoms with Crippen LogP contribution in [0.2, 0.25) is 5.15 Å². The average molecular weight is 167 g/mol. The minimum Gasteiger partial charge on any atom is -0.317 e. The minimum atomic E-state index is 0.493. The van der Waals surface area contributed by atoms with Crippen molar-refractivity contribution >= 4 is 11.6 Å². The Balaban J connectivity index is 2.65. The van der Waals surface area contributed by atoms with Crippen LogP contribution < -0.4 is 0 Å². The van der Waals surface area contributed by atoms with Gasteiger partial charge in [0.1, 0.15) is 5.15 Å². The molecule has 56 valence electrons. The highest BCUT2D eigenvalue weighted by Crippen LogP contribution is 2.07. The van der Waals surface area contributed by atoms with E-state index < -0.39 is 0 Å². The summed E-state index contributed by atoms with van der Waals surface area (Å²) in [6.07, 6.45) is 2.41. The molecule has 0 radical (unpaired) electrons. The fraction of sp³-hybridized carbons (Fsp3) is 0.250. The molecule has 0 amide bonds. The first-order chi connectivity index (χ1) is 5.33. The van der Waals surface area contributed by atoms with Gasteiger partial charge in [0.15, 0.2) is 0 Å². The highest BCUT2D eigenvalue weighted by molar-refractivity contribution is 6.29. The van der Waals surface area contributed by atoms with Crippen molar-refractivity contribution in [1.29, 1.82) is 0 Å². The number of halogens is 1. The Hall–Kier alpha value is -1.07. The number of nitrogens with zero attached hydrogens (tertiary/aromatic N) is 2. The summed E-state index contributed by atoms with van der Waals surface area (Å²) in [6.45, 7) is 7.10. The zero-order valence-electron chi connectivity index (χ0n) is 5.92. The third-order valence-corrected chi connectivity index (χ3v) is 1.51. The van der Waals surface area contributed by atoms with Gasteiger partial charge in [0, 0.05) is 12.6 Å². The Labute approximate surface area is 70.7 Å². The fourth-order valence-electron chi connectivity index (χ4n) is 0.783. The molecule has 1 heterocycles.